The number of rotatable bonds is 2. The Morgan fingerprint density at radius 2 is 1.82 bits per heavy atom. The highest BCUT2D eigenvalue weighted by Crippen LogP contribution is 2.53. The second kappa shape index (κ2) is 4.82. The molecule has 0 unspecified atom stereocenters. The number of halogens is 1. The molecule has 110 valence electrons. The molecule has 3 heteroatoms. The van der Waals surface area contributed by atoms with Gasteiger partial charge in [-0.2, -0.15) is 0 Å². The van der Waals surface area contributed by atoms with Crippen LogP contribution in [0.15, 0.2) is 62.2 Å². The minimum atomic E-state index is -0.126. The van der Waals surface area contributed by atoms with Crippen LogP contribution in [0.1, 0.15) is 29.7 Å². The van der Waals surface area contributed by atoms with Crippen LogP contribution in [0.5, 0.6) is 0 Å². The van der Waals surface area contributed by atoms with Crippen LogP contribution in [-0.2, 0) is 5.41 Å². The largest absolute Gasteiger partial charge is 0.459 e. The summed E-state index contributed by atoms with van der Waals surface area (Å²) in [5.74, 6) is 0.778. The Hall–Kier alpha value is -1.87. The second-order valence-corrected chi connectivity index (χ2v) is 6.90. The van der Waals surface area contributed by atoms with Crippen LogP contribution >= 0.6 is 15.9 Å². The molecular weight excluding hydrogens is 340 g/mol. The first-order valence-electron chi connectivity index (χ1n) is 7.40. The zero-order valence-corrected chi connectivity index (χ0v) is 13.8. The van der Waals surface area contributed by atoms with Gasteiger partial charge in [0.1, 0.15) is 5.76 Å². The smallest absolute Gasteiger partial charge is 0.193 e. The van der Waals surface area contributed by atoms with Gasteiger partial charge in [0, 0.05) is 6.07 Å². The molecule has 2 aromatic carbocycles. The van der Waals surface area contributed by atoms with Gasteiger partial charge in [0.25, 0.3) is 0 Å². The molecule has 4 rings (SSSR count). The van der Waals surface area contributed by atoms with Gasteiger partial charge in [-0.05, 0) is 59.0 Å². The van der Waals surface area contributed by atoms with Gasteiger partial charge in [0.2, 0.25) is 0 Å². The summed E-state index contributed by atoms with van der Waals surface area (Å²) >= 11 is 3.53. The standard InChI is InChI=1S/C19H15BrO2/c1-12-9-14-16(21)11-17(22-18(14)15(20)10-12)19(7-8-19)13-5-3-2-4-6-13/h2-6,9-11H,7-8H2,1H3. The number of hydrogen-bond acceptors (Lipinski definition) is 2. The van der Waals surface area contributed by atoms with Crippen molar-refractivity contribution in [1.82, 2.24) is 0 Å². The first-order chi connectivity index (χ1) is 10.6. The molecule has 1 aliphatic rings. The third kappa shape index (κ3) is 2.03. The highest BCUT2D eigenvalue weighted by Gasteiger charge is 2.48. The van der Waals surface area contributed by atoms with Crippen molar-refractivity contribution in [2.45, 2.75) is 25.2 Å². The van der Waals surface area contributed by atoms with E-state index in [1.54, 1.807) is 6.07 Å². The molecule has 0 radical (unpaired) electrons. The minimum Gasteiger partial charge on any atom is -0.459 e. The Labute approximate surface area is 136 Å². The van der Waals surface area contributed by atoms with Gasteiger partial charge < -0.3 is 4.42 Å². The average molecular weight is 355 g/mol. The molecule has 22 heavy (non-hydrogen) atoms. The summed E-state index contributed by atoms with van der Waals surface area (Å²) in [5.41, 5.74) is 2.82. The molecule has 0 amide bonds. The first kappa shape index (κ1) is 13.8. The fourth-order valence-electron chi connectivity index (χ4n) is 3.15. The lowest BCUT2D eigenvalue weighted by atomic mass is 9.92. The minimum absolute atomic E-state index is 0.0304. The quantitative estimate of drug-likeness (QED) is 0.652. The van der Waals surface area contributed by atoms with Gasteiger partial charge in [-0.3, -0.25) is 4.79 Å². The summed E-state index contributed by atoms with van der Waals surface area (Å²) in [7, 11) is 0. The summed E-state index contributed by atoms with van der Waals surface area (Å²) < 4.78 is 7.00. The van der Waals surface area contributed by atoms with Crippen molar-refractivity contribution in [3.63, 3.8) is 0 Å². The van der Waals surface area contributed by atoms with Crippen LogP contribution < -0.4 is 5.43 Å². The molecule has 0 saturated heterocycles. The van der Waals surface area contributed by atoms with Gasteiger partial charge in [-0.25, -0.2) is 0 Å². The van der Waals surface area contributed by atoms with Crippen LogP contribution in [0.4, 0.5) is 0 Å². The van der Waals surface area contributed by atoms with Gasteiger partial charge >= 0.3 is 0 Å². The molecule has 1 aliphatic carbocycles. The number of hydrogen-bond donors (Lipinski definition) is 0. The Bertz CT molecular complexity index is 921. The topological polar surface area (TPSA) is 30.2 Å². The highest BCUT2D eigenvalue weighted by atomic mass is 79.9. The molecule has 0 bridgehead atoms. The maximum Gasteiger partial charge on any atom is 0.193 e. The van der Waals surface area contributed by atoms with E-state index >= 15 is 0 Å². The van der Waals surface area contributed by atoms with Gasteiger partial charge in [0.05, 0.1) is 15.3 Å². The van der Waals surface area contributed by atoms with Crippen LogP contribution in [0.25, 0.3) is 11.0 Å². The van der Waals surface area contributed by atoms with Crippen molar-refractivity contribution in [2.24, 2.45) is 0 Å². The molecular formula is C19H15BrO2. The molecule has 0 aliphatic heterocycles. The van der Waals surface area contributed by atoms with E-state index in [0.717, 1.165) is 28.6 Å². The SMILES string of the molecule is Cc1cc(Br)c2oc(C3(c4ccccc4)CC3)cc(=O)c2c1. The Balaban J connectivity index is 1.96. The summed E-state index contributed by atoms with van der Waals surface area (Å²) in [4.78, 5) is 12.5. The summed E-state index contributed by atoms with van der Waals surface area (Å²) in [6.45, 7) is 1.98. The third-order valence-corrected chi connectivity index (χ3v) is 5.06. The maximum atomic E-state index is 12.5. The van der Waals surface area contributed by atoms with Crippen molar-refractivity contribution in [3.8, 4) is 0 Å². The summed E-state index contributed by atoms with van der Waals surface area (Å²) in [5, 5.41) is 0.638. The zero-order valence-electron chi connectivity index (χ0n) is 12.2. The molecule has 1 heterocycles. The van der Waals surface area contributed by atoms with Gasteiger partial charge in [0.15, 0.2) is 11.0 Å². The number of benzene rings is 2. The van der Waals surface area contributed by atoms with E-state index in [9.17, 15) is 4.79 Å². The monoisotopic (exact) mass is 354 g/mol. The number of fused-ring (bicyclic) bond motifs is 1. The van der Waals surface area contributed by atoms with E-state index in [2.05, 4.69) is 28.1 Å². The molecule has 0 N–H and O–H groups in total. The Morgan fingerprint density at radius 3 is 2.50 bits per heavy atom. The van der Waals surface area contributed by atoms with E-state index in [4.69, 9.17) is 4.42 Å². The van der Waals surface area contributed by atoms with Crippen LogP contribution in [0.3, 0.4) is 0 Å². The summed E-state index contributed by atoms with van der Waals surface area (Å²) in [6.07, 6.45) is 2.05. The maximum absolute atomic E-state index is 12.5. The van der Waals surface area contributed by atoms with Gasteiger partial charge in [-0.1, -0.05) is 30.3 Å². The van der Waals surface area contributed by atoms with Crippen molar-refractivity contribution < 1.29 is 4.42 Å². The third-order valence-electron chi connectivity index (χ3n) is 4.48. The number of aryl methyl sites for hydroxylation is 1. The lowest BCUT2D eigenvalue weighted by molar-refractivity contribution is 0.499. The predicted octanol–water partition coefficient (Wildman–Crippen LogP) is 4.94. The molecule has 0 atom stereocenters. The van der Waals surface area contributed by atoms with Crippen LogP contribution in [0, 0.1) is 6.92 Å². The summed E-state index contributed by atoms with van der Waals surface area (Å²) in [6, 6.07) is 15.9. The first-order valence-corrected chi connectivity index (χ1v) is 8.19. The molecule has 1 saturated carbocycles. The zero-order chi connectivity index (χ0) is 15.3. The predicted molar refractivity (Wildman–Crippen MR) is 91.4 cm³/mol. The second-order valence-electron chi connectivity index (χ2n) is 6.05. The molecule has 2 nitrogen and oxygen atoms in total. The van der Waals surface area contributed by atoms with E-state index in [1.807, 2.05) is 37.3 Å². The van der Waals surface area contributed by atoms with Crippen LogP contribution in [-0.4, -0.2) is 0 Å². The highest BCUT2D eigenvalue weighted by molar-refractivity contribution is 9.10. The lowest BCUT2D eigenvalue weighted by Crippen LogP contribution is -2.13. The van der Waals surface area contributed by atoms with E-state index in [-0.39, 0.29) is 10.8 Å². The average Bonchev–Trinajstić information content (AvgIpc) is 3.31. The molecule has 3 aromatic rings. The van der Waals surface area contributed by atoms with E-state index in [1.165, 1.54) is 5.56 Å². The molecule has 1 fully saturated rings. The fourth-order valence-corrected chi connectivity index (χ4v) is 3.80. The Kier molecular flexibility index (Phi) is 3.01. The Morgan fingerprint density at radius 1 is 1.09 bits per heavy atom. The van der Waals surface area contributed by atoms with Crippen molar-refractivity contribution >= 4 is 26.9 Å². The van der Waals surface area contributed by atoms with Crippen LogP contribution in [0.2, 0.25) is 0 Å². The van der Waals surface area contributed by atoms with Crippen molar-refractivity contribution in [2.75, 3.05) is 0 Å². The normalized spacial score (nSPS) is 15.9. The van der Waals surface area contributed by atoms with E-state index < -0.39 is 0 Å². The lowest BCUT2D eigenvalue weighted by Gasteiger charge is -2.15. The molecule has 1 aromatic heterocycles. The van der Waals surface area contributed by atoms with E-state index in [0.29, 0.717) is 11.0 Å². The fraction of sp³-hybridized carbons (Fsp3) is 0.211. The molecule has 0 spiro atoms. The van der Waals surface area contributed by atoms with Crippen molar-refractivity contribution in [3.05, 3.63) is 80.1 Å². The van der Waals surface area contributed by atoms with Crippen molar-refractivity contribution in [1.29, 1.82) is 0 Å². The van der Waals surface area contributed by atoms with Gasteiger partial charge in [-0.15, -0.1) is 0 Å².